The van der Waals surface area contributed by atoms with Crippen molar-refractivity contribution in [2.45, 2.75) is 39.8 Å². The Hall–Kier alpha value is -0.800. The van der Waals surface area contributed by atoms with Crippen molar-refractivity contribution in [3.63, 3.8) is 0 Å². The summed E-state index contributed by atoms with van der Waals surface area (Å²) in [6, 6.07) is 2.60. The van der Waals surface area contributed by atoms with Gasteiger partial charge in [0.1, 0.15) is 11.5 Å². The van der Waals surface area contributed by atoms with E-state index >= 15 is 0 Å². The Kier molecular flexibility index (Phi) is 3.36. The van der Waals surface area contributed by atoms with Crippen LogP contribution >= 0.6 is 0 Å². The van der Waals surface area contributed by atoms with E-state index in [4.69, 9.17) is 9.15 Å². The van der Waals surface area contributed by atoms with E-state index in [9.17, 15) is 0 Å². The molecule has 0 saturated carbocycles. The van der Waals surface area contributed by atoms with Gasteiger partial charge in [-0.15, -0.1) is 0 Å². The Morgan fingerprint density at radius 1 is 1.31 bits per heavy atom. The van der Waals surface area contributed by atoms with Gasteiger partial charge in [-0.2, -0.15) is 0 Å². The van der Waals surface area contributed by atoms with Crippen LogP contribution < -0.4 is 5.32 Å². The number of rotatable bonds is 1. The maximum atomic E-state index is 5.94. The Morgan fingerprint density at radius 3 is 2.69 bits per heavy atom. The highest BCUT2D eigenvalue weighted by molar-refractivity contribution is 5.23. The van der Waals surface area contributed by atoms with Gasteiger partial charge >= 0.3 is 0 Å². The minimum absolute atomic E-state index is 0.129. The fourth-order valence-electron chi connectivity index (χ4n) is 2.14. The van der Waals surface area contributed by atoms with Crippen molar-refractivity contribution in [1.82, 2.24) is 5.32 Å². The highest BCUT2D eigenvalue weighted by Crippen LogP contribution is 2.26. The second-order valence-electron chi connectivity index (χ2n) is 4.86. The first-order chi connectivity index (χ1) is 7.58. The average molecular weight is 223 g/mol. The summed E-state index contributed by atoms with van der Waals surface area (Å²) in [5, 5.41) is 3.51. The van der Waals surface area contributed by atoms with Crippen LogP contribution in [0.1, 0.15) is 37.0 Å². The number of furan rings is 1. The summed E-state index contributed by atoms with van der Waals surface area (Å²) in [5.74, 6) is 2.49. The highest BCUT2D eigenvalue weighted by Gasteiger charge is 2.24. The van der Waals surface area contributed by atoms with Crippen LogP contribution in [0.4, 0.5) is 0 Å². The molecule has 3 atom stereocenters. The van der Waals surface area contributed by atoms with Crippen molar-refractivity contribution in [1.29, 1.82) is 0 Å². The molecule has 1 aliphatic heterocycles. The van der Waals surface area contributed by atoms with Gasteiger partial charge in [0.15, 0.2) is 0 Å². The van der Waals surface area contributed by atoms with Crippen LogP contribution in [-0.4, -0.2) is 19.2 Å². The molecule has 1 saturated heterocycles. The van der Waals surface area contributed by atoms with Gasteiger partial charge in [0.25, 0.3) is 0 Å². The van der Waals surface area contributed by atoms with Gasteiger partial charge in [0, 0.05) is 18.2 Å². The van der Waals surface area contributed by atoms with Crippen LogP contribution in [0.25, 0.3) is 0 Å². The molecule has 3 unspecified atom stereocenters. The summed E-state index contributed by atoms with van der Waals surface area (Å²) < 4.78 is 11.5. The Bertz CT molecular complexity index is 347. The predicted octanol–water partition coefficient (Wildman–Crippen LogP) is 2.58. The summed E-state index contributed by atoms with van der Waals surface area (Å²) in [6.45, 7) is 10.1. The Balaban J connectivity index is 2.13. The van der Waals surface area contributed by atoms with Gasteiger partial charge in [-0.05, 0) is 32.8 Å². The molecule has 16 heavy (non-hydrogen) atoms. The zero-order chi connectivity index (χ0) is 11.7. The molecule has 0 aromatic carbocycles. The molecule has 3 heteroatoms. The lowest BCUT2D eigenvalue weighted by Crippen LogP contribution is -2.32. The fraction of sp³-hybridized carbons (Fsp3) is 0.692. The van der Waals surface area contributed by atoms with Gasteiger partial charge < -0.3 is 14.5 Å². The summed E-state index contributed by atoms with van der Waals surface area (Å²) >= 11 is 0. The van der Waals surface area contributed by atoms with Crippen molar-refractivity contribution in [2.24, 2.45) is 5.92 Å². The molecule has 0 radical (unpaired) electrons. The zero-order valence-electron chi connectivity index (χ0n) is 10.5. The van der Waals surface area contributed by atoms with Crippen molar-refractivity contribution >= 4 is 0 Å². The van der Waals surface area contributed by atoms with Crippen LogP contribution in [0.2, 0.25) is 0 Å². The SMILES string of the molecule is Cc1cc(C2CNC(C)C(C)CO2)c(C)o1. The fourth-order valence-corrected chi connectivity index (χ4v) is 2.14. The van der Waals surface area contributed by atoms with Crippen molar-refractivity contribution in [3.05, 3.63) is 23.2 Å². The lowest BCUT2D eigenvalue weighted by atomic mass is 10.1. The maximum Gasteiger partial charge on any atom is 0.106 e. The maximum absolute atomic E-state index is 5.94. The molecule has 1 aliphatic rings. The van der Waals surface area contributed by atoms with Gasteiger partial charge in [-0.3, -0.25) is 0 Å². The molecule has 1 N–H and O–H groups in total. The monoisotopic (exact) mass is 223 g/mol. The minimum atomic E-state index is 0.129. The molecule has 90 valence electrons. The summed E-state index contributed by atoms with van der Waals surface area (Å²) in [4.78, 5) is 0. The molecule has 0 amide bonds. The minimum Gasteiger partial charge on any atom is -0.466 e. The first-order valence-corrected chi connectivity index (χ1v) is 6.00. The number of hydrogen-bond acceptors (Lipinski definition) is 3. The standard InChI is InChI=1S/C13H21NO2/c1-8-7-15-13(6-14-10(8)3)12-5-9(2)16-11(12)4/h5,8,10,13-14H,6-7H2,1-4H3. The van der Waals surface area contributed by atoms with Crippen LogP contribution in [-0.2, 0) is 4.74 Å². The van der Waals surface area contributed by atoms with E-state index in [1.807, 2.05) is 13.8 Å². The molecule has 1 aromatic heterocycles. The summed E-state index contributed by atoms with van der Waals surface area (Å²) in [6.07, 6.45) is 0.129. The largest absolute Gasteiger partial charge is 0.466 e. The van der Waals surface area contributed by atoms with Gasteiger partial charge in [0.05, 0.1) is 12.7 Å². The third-order valence-corrected chi connectivity index (χ3v) is 3.47. The van der Waals surface area contributed by atoms with E-state index in [1.54, 1.807) is 0 Å². The molecule has 2 rings (SSSR count). The molecule has 0 bridgehead atoms. The third kappa shape index (κ3) is 2.30. The quantitative estimate of drug-likeness (QED) is 0.794. The molecule has 1 aromatic rings. The van der Waals surface area contributed by atoms with Crippen molar-refractivity contribution in [2.75, 3.05) is 13.2 Å². The van der Waals surface area contributed by atoms with E-state index in [-0.39, 0.29) is 6.10 Å². The van der Waals surface area contributed by atoms with E-state index in [1.165, 1.54) is 5.56 Å². The van der Waals surface area contributed by atoms with Crippen molar-refractivity contribution < 1.29 is 9.15 Å². The number of aryl methyl sites for hydroxylation is 2. The molecule has 1 fully saturated rings. The summed E-state index contributed by atoms with van der Waals surface area (Å²) in [7, 11) is 0. The smallest absolute Gasteiger partial charge is 0.106 e. The lowest BCUT2D eigenvalue weighted by molar-refractivity contribution is 0.0487. The molecule has 0 spiro atoms. The van der Waals surface area contributed by atoms with Crippen LogP contribution in [0.3, 0.4) is 0 Å². The van der Waals surface area contributed by atoms with E-state index in [0.29, 0.717) is 12.0 Å². The molecular formula is C13H21NO2. The molecule has 2 heterocycles. The normalized spacial score (nSPS) is 31.4. The Labute approximate surface area is 97.2 Å². The van der Waals surface area contributed by atoms with Crippen LogP contribution in [0.15, 0.2) is 10.5 Å². The van der Waals surface area contributed by atoms with Gasteiger partial charge in [0.2, 0.25) is 0 Å². The van der Waals surface area contributed by atoms with Crippen LogP contribution in [0, 0.1) is 19.8 Å². The van der Waals surface area contributed by atoms with Crippen LogP contribution in [0.5, 0.6) is 0 Å². The number of ether oxygens (including phenoxy) is 1. The van der Waals surface area contributed by atoms with E-state index in [0.717, 1.165) is 24.7 Å². The first-order valence-electron chi connectivity index (χ1n) is 6.00. The van der Waals surface area contributed by atoms with E-state index < -0.39 is 0 Å². The molecule has 3 nitrogen and oxygen atoms in total. The second kappa shape index (κ2) is 4.60. The Morgan fingerprint density at radius 2 is 2.06 bits per heavy atom. The number of hydrogen-bond donors (Lipinski definition) is 1. The first kappa shape index (κ1) is 11.7. The summed E-state index contributed by atoms with van der Waals surface area (Å²) in [5.41, 5.74) is 1.19. The average Bonchev–Trinajstić information content (AvgIpc) is 2.47. The van der Waals surface area contributed by atoms with E-state index in [2.05, 4.69) is 25.2 Å². The van der Waals surface area contributed by atoms with Gasteiger partial charge in [-0.25, -0.2) is 0 Å². The highest BCUT2D eigenvalue weighted by atomic mass is 16.5. The second-order valence-corrected chi connectivity index (χ2v) is 4.86. The zero-order valence-corrected chi connectivity index (χ0v) is 10.5. The van der Waals surface area contributed by atoms with Crippen molar-refractivity contribution in [3.8, 4) is 0 Å². The molecular weight excluding hydrogens is 202 g/mol. The number of nitrogens with one attached hydrogen (secondary N) is 1. The molecule has 0 aliphatic carbocycles. The predicted molar refractivity (Wildman–Crippen MR) is 63.5 cm³/mol. The third-order valence-electron chi connectivity index (χ3n) is 3.47. The van der Waals surface area contributed by atoms with Gasteiger partial charge in [-0.1, -0.05) is 6.92 Å². The lowest BCUT2D eigenvalue weighted by Gasteiger charge is -2.15. The topological polar surface area (TPSA) is 34.4 Å².